The maximum Gasteiger partial charge on any atom is 0.252 e. The maximum absolute atomic E-state index is 13.8. The summed E-state index contributed by atoms with van der Waals surface area (Å²) >= 11 is 1.74. The van der Waals surface area contributed by atoms with Crippen LogP contribution >= 0.6 is 11.8 Å². The molecular formula is C16H20F2N2O2S. The van der Waals surface area contributed by atoms with Gasteiger partial charge < -0.3 is 15.3 Å². The van der Waals surface area contributed by atoms with Crippen LogP contribution in [0.5, 0.6) is 0 Å². The molecule has 2 saturated heterocycles. The lowest BCUT2D eigenvalue weighted by molar-refractivity contribution is -0.141. The van der Waals surface area contributed by atoms with Crippen LogP contribution in [0.25, 0.3) is 0 Å². The molecule has 1 aromatic rings. The Kier molecular flexibility index (Phi) is 4.77. The van der Waals surface area contributed by atoms with E-state index in [2.05, 4.69) is 5.32 Å². The Balaban J connectivity index is 1.60. The average molecular weight is 342 g/mol. The van der Waals surface area contributed by atoms with E-state index in [4.69, 9.17) is 0 Å². The van der Waals surface area contributed by atoms with Crippen molar-refractivity contribution in [2.24, 2.45) is 0 Å². The van der Waals surface area contributed by atoms with Gasteiger partial charge in [-0.05, 0) is 42.9 Å². The van der Waals surface area contributed by atoms with Gasteiger partial charge in [0.05, 0.1) is 5.69 Å². The van der Waals surface area contributed by atoms with Crippen LogP contribution in [0.1, 0.15) is 19.3 Å². The van der Waals surface area contributed by atoms with Crippen LogP contribution < -0.4 is 10.2 Å². The minimum Gasteiger partial charge on any atom is -0.380 e. The van der Waals surface area contributed by atoms with E-state index in [0.717, 1.165) is 17.6 Å². The smallest absolute Gasteiger partial charge is 0.252 e. The predicted octanol–water partition coefficient (Wildman–Crippen LogP) is 1.92. The number of carbonyl (C=O) groups excluding carboxylic acids is 1. The first-order valence-corrected chi connectivity index (χ1v) is 8.94. The summed E-state index contributed by atoms with van der Waals surface area (Å²) in [5.41, 5.74) is -0.935. The lowest BCUT2D eigenvalue weighted by Gasteiger charge is -2.31. The second-order valence-corrected chi connectivity index (χ2v) is 7.37. The summed E-state index contributed by atoms with van der Waals surface area (Å²) in [5.74, 6) is 0.0278. The van der Waals surface area contributed by atoms with E-state index in [1.807, 2.05) is 0 Å². The zero-order valence-corrected chi connectivity index (χ0v) is 13.5. The highest BCUT2D eigenvalue weighted by molar-refractivity contribution is 7.99. The van der Waals surface area contributed by atoms with Gasteiger partial charge >= 0.3 is 0 Å². The Morgan fingerprint density at radius 3 is 2.78 bits per heavy atom. The second kappa shape index (κ2) is 6.65. The summed E-state index contributed by atoms with van der Waals surface area (Å²) in [6.07, 6.45) is 1.60. The molecule has 1 amide bonds. The molecule has 2 N–H and O–H groups in total. The molecule has 126 valence electrons. The number of anilines is 1. The zero-order valence-electron chi connectivity index (χ0n) is 12.7. The molecule has 23 heavy (non-hydrogen) atoms. The van der Waals surface area contributed by atoms with Gasteiger partial charge in [0.15, 0.2) is 0 Å². The van der Waals surface area contributed by atoms with Gasteiger partial charge in [-0.3, -0.25) is 4.79 Å². The number of rotatable bonds is 3. The quantitative estimate of drug-likeness (QED) is 0.881. The van der Waals surface area contributed by atoms with Crippen LogP contribution in [0, 0.1) is 11.6 Å². The van der Waals surface area contributed by atoms with Crippen molar-refractivity contribution in [1.82, 2.24) is 5.32 Å². The number of hydrogen-bond acceptors (Lipinski definition) is 4. The first-order chi connectivity index (χ1) is 11.0. The van der Waals surface area contributed by atoms with Gasteiger partial charge in [-0.2, -0.15) is 11.8 Å². The van der Waals surface area contributed by atoms with Gasteiger partial charge in [0.1, 0.15) is 17.2 Å². The van der Waals surface area contributed by atoms with Crippen LogP contribution in [0.15, 0.2) is 18.2 Å². The fourth-order valence-electron chi connectivity index (χ4n) is 3.09. The van der Waals surface area contributed by atoms with Crippen LogP contribution in [0.3, 0.4) is 0 Å². The fraction of sp³-hybridized carbons (Fsp3) is 0.562. The van der Waals surface area contributed by atoms with Gasteiger partial charge in [0.25, 0.3) is 5.91 Å². The summed E-state index contributed by atoms with van der Waals surface area (Å²) in [6.45, 7) is 1.04. The Morgan fingerprint density at radius 2 is 2.09 bits per heavy atom. The third-order valence-electron chi connectivity index (χ3n) is 4.52. The largest absolute Gasteiger partial charge is 0.380 e. The molecule has 0 unspecified atom stereocenters. The standard InChI is InChI=1S/C16H20F2N2O2S/c17-11-1-2-14(13(18)9-11)20-6-3-12(10-20)19-15(21)16(22)4-7-23-8-5-16/h1-2,9,12,22H,3-8,10H2,(H,19,21)/t12-/m0/s1. The molecule has 0 bridgehead atoms. The van der Waals surface area contributed by atoms with Crippen molar-refractivity contribution in [1.29, 1.82) is 0 Å². The number of benzene rings is 1. The van der Waals surface area contributed by atoms with E-state index in [0.29, 0.717) is 38.0 Å². The molecule has 7 heteroatoms. The summed E-state index contributed by atoms with van der Waals surface area (Å²) in [7, 11) is 0. The number of hydrogen-bond donors (Lipinski definition) is 2. The van der Waals surface area contributed by atoms with Gasteiger partial charge in [-0.25, -0.2) is 8.78 Å². The van der Waals surface area contributed by atoms with Crippen molar-refractivity contribution < 1.29 is 18.7 Å². The van der Waals surface area contributed by atoms with Gasteiger partial charge in [-0.1, -0.05) is 0 Å². The molecule has 0 aromatic heterocycles. The highest BCUT2D eigenvalue weighted by Crippen LogP contribution is 2.28. The first kappa shape index (κ1) is 16.5. The van der Waals surface area contributed by atoms with Crippen LogP contribution in [0.2, 0.25) is 0 Å². The SMILES string of the molecule is O=C(N[C@H]1CCN(c2ccc(F)cc2F)C1)C1(O)CCSCC1. The number of halogens is 2. The lowest BCUT2D eigenvalue weighted by atomic mass is 9.95. The Morgan fingerprint density at radius 1 is 1.35 bits per heavy atom. The monoisotopic (exact) mass is 342 g/mol. The van der Waals surface area contributed by atoms with Crippen molar-refractivity contribution >= 4 is 23.4 Å². The number of aliphatic hydroxyl groups is 1. The van der Waals surface area contributed by atoms with Gasteiger partial charge in [0.2, 0.25) is 0 Å². The molecule has 0 spiro atoms. The van der Waals surface area contributed by atoms with Crippen molar-refractivity contribution in [2.45, 2.75) is 30.9 Å². The Hall–Kier alpha value is -1.34. The van der Waals surface area contributed by atoms with E-state index >= 15 is 0 Å². The molecule has 2 heterocycles. The van der Waals surface area contributed by atoms with Crippen molar-refractivity contribution in [3.8, 4) is 0 Å². The van der Waals surface area contributed by atoms with Crippen molar-refractivity contribution in [2.75, 3.05) is 29.5 Å². The number of thioether (sulfide) groups is 1. The van der Waals surface area contributed by atoms with Crippen LogP contribution in [-0.4, -0.2) is 47.3 Å². The third kappa shape index (κ3) is 3.61. The molecule has 0 radical (unpaired) electrons. The van der Waals surface area contributed by atoms with E-state index in [1.165, 1.54) is 12.1 Å². The minimum atomic E-state index is -1.28. The molecule has 1 atom stereocenters. The summed E-state index contributed by atoms with van der Waals surface area (Å²) < 4.78 is 26.8. The number of nitrogens with one attached hydrogen (secondary N) is 1. The number of carbonyl (C=O) groups is 1. The number of nitrogens with zero attached hydrogens (tertiary/aromatic N) is 1. The molecule has 2 fully saturated rings. The van der Waals surface area contributed by atoms with E-state index in [9.17, 15) is 18.7 Å². The molecule has 4 nitrogen and oxygen atoms in total. The van der Waals surface area contributed by atoms with E-state index in [1.54, 1.807) is 16.7 Å². The lowest BCUT2D eigenvalue weighted by Crippen LogP contribution is -2.52. The molecule has 0 saturated carbocycles. The predicted molar refractivity (Wildman–Crippen MR) is 86.6 cm³/mol. The minimum absolute atomic E-state index is 0.134. The first-order valence-electron chi connectivity index (χ1n) is 7.79. The molecule has 1 aromatic carbocycles. The van der Waals surface area contributed by atoms with Crippen LogP contribution in [-0.2, 0) is 4.79 Å². The van der Waals surface area contributed by atoms with Crippen molar-refractivity contribution in [3.05, 3.63) is 29.8 Å². The Labute approximate surface area is 138 Å². The normalized spacial score (nSPS) is 23.8. The molecular weight excluding hydrogens is 322 g/mol. The highest BCUT2D eigenvalue weighted by Gasteiger charge is 2.39. The molecule has 0 aliphatic carbocycles. The Bertz CT molecular complexity index is 593. The highest BCUT2D eigenvalue weighted by atomic mass is 32.2. The molecule has 2 aliphatic rings. The summed E-state index contributed by atoms with van der Waals surface area (Å²) in [6, 6.07) is 3.38. The summed E-state index contributed by atoms with van der Waals surface area (Å²) in [4.78, 5) is 14.1. The van der Waals surface area contributed by atoms with Crippen LogP contribution in [0.4, 0.5) is 14.5 Å². The average Bonchev–Trinajstić information content (AvgIpc) is 2.96. The second-order valence-electron chi connectivity index (χ2n) is 6.14. The zero-order chi connectivity index (χ0) is 16.4. The topological polar surface area (TPSA) is 52.6 Å². The number of amides is 1. The fourth-order valence-corrected chi connectivity index (χ4v) is 4.26. The molecule has 2 aliphatic heterocycles. The van der Waals surface area contributed by atoms with E-state index in [-0.39, 0.29) is 11.9 Å². The maximum atomic E-state index is 13.8. The van der Waals surface area contributed by atoms with Gasteiger partial charge in [-0.15, -0.1) is 0 Å². The van der Waals surface area contributed by atoms with Gasteiger partial charge in [0, 0.05) is 25.2 Å². The van der Waals surface area contributed by atoms with E-state index < -0.39 is 17.2 Å². The third-order valence-corrected chi connectivity index (χ3v) is 5.50. The molecule has 3 rings (SSSR count). The van der Waals surface area contributed by atoms with Crippen molar-refractivity contribution in [3.63, 3.8) is 0 Å². The summed E-state index contributed by atoms with van der Waals surface area (Å²) in [5, 5.41) is 13.3.